The van der Waals surface area contributed by atoms with Gasteiger partial charge in [0, 0.05) is 31.7 Å². The van der Waals surface area contributed by atoms with Crippen LogP contribution in [-0.2, 0) is 9.59 Å². The number of pyridine rings is 1. The number of likely N-dealkylation sites (tertiary alicyclic amines) is 1. The lowest BCUT2D eigenvalue weighted by Gasteiger charge is -2.28. The minimum atomic E-state index is -0.484. The van der Waals surface area contributed by atoms with Crippen molar-refractivity contribution >= 4 is 56.6 Å². The van der Waals surface area contributed by atoms with Crippen molar-refractivity contribution in [3.8, 4) is 11.8 Å². The SMILES string of the molecule is CCN(C(=O)[C@@H]1CCN(CC(=O)N2CC=C(C(=N)SC(=N)C(=N)C#N)CC2)C1)c1ccc(N)c(C(=N)c2ccc(OC(C)C)cc2)n1. The van der Waals surface area contributed by atoms with Gasteiger partial charge < -0.3 is 15.4 Å². The third kappa shape index (κ3) is 8.69. The zero-order chi connectivity index (χ0) is 34.2. The second-order valence-electron chi connectivity index (χ2n) is 11.5. The molecule has 1 fully saturated rings. The van der Waals surface area contributed by atoms with Gasteiger partial charge in [-0.3, -0.25) is 41.0 Å². The number of amides is 2. The summed E-state index contributed by atoms with van der Waals surface area (Å²) in [6.45, 7) is 8.11. The minimum absolute atomic E-state index is 0.0331. The lowest BCUT2D eigenvalue weighted by Crippen LogP contribution is -2.43. The molecule has 246 valence electrons. The first kappa shape index (κ1) is 35.0. The van der Waals surface area contributed by atoms with Crippen molar-refractivity contribution in [2.45, 2.75) is 39.7 Å². The lowest BCUT2D eigenvalue weighted by molar-refractivity contribution is -0.132. The Balaban J connectivity index is 1.34. The van der Waals surface area contributed by atoms with Crippen molar-refractivity contribution in [2.75, 3.05) is 49.9 Å². The van der Waals surface area contributed by atoms with Gasteiger partial charge in [-0.1, -0.05) is 6.08 Å². The Labute approximate surface area is 278 Å². The molecule has 0 bridgehead atoms. The quantitative estimate of drug-likeness (QED) is 0.176. The summed E-state index contributed by atoms with van der Waals surface area (Å²) < 4.78 is 5.70. The Morgan fingerprint density at radius 2 is 1.87 bits per heavy atom. The Bertz CT molecular complexity index is 1650. The van der Waals surface area contributed by atoms with Gasteiger partial charge in [0.2, 0.25) is 11.8 Å². The first-order valence-electron chi connectivity index (χ1n) is 15.4. The standard InChI is InChI=1S/C33H40N10O3S/c1-4-43(27-10-9-25(35)30(40-27)29(37)21-5-7-24(8-6-21)46-20(2)3)33(45)23-11-14-41(18-23)19-28(44)42-15-12-22(13-16-42)31(38)47-32(39)26(36)17-34/h5-10,12,20,23,36-39H,4,11,13-16,18-19,35H2,1-3H3/t23-/m1/s1. The summed E-state index contributed by atoms with van der Waals surface area (Å²) in [6, 6.07) is 12.1. The average Bonchev–Trinajstić information content (AvgIpc) is 3.53. The molecule has 47 heavy (non-hydrogen) atoms. The van der Waals surface area contributed by atoms with Gasteiger partial charge in [0.15, 0.2) is 5.71 Å². The number of carbonyl (C=O) groups is 2. The summed E-state index contributed by atoms with van der Waals surface area (Å²) in [5, 5.41) is 40.7. The Kier molecular flexibility index (Phi) is 11.6. The van der Waals surface area contributed by atoms with E-state index in [1.54, 1.807) is 58.3 Å². The van der Waals surface area contributed by atoms with Gasteiger partial charge >= 0.3 is 0 Å². The maximum atomic E-state index is 13.7. The number of hydrogen-bond donors (Lipinski definition) is 5. The normalized spacial score (nSPS) is 16.3. The summed E-state index contributed by atoms with van der Waals surface area (Å²) in [6.07, 6.45) is 2.86. The van der Waals surface area contributed by atoms with Crippen molar-refractivity contribution in [3.63, 3.8) is 0 Å². The predicted octanol–water partition coefficient (Wildman–Crippen LogP) is 3.93. The van der Waals surface area contributed by atoms with Gasteiger partial charge in [-0.05, 0) is 93.9 Å². The average molecular weight is 657 g/mol. The number of hydrogen-bond acceptors (Lipinski definition) is 12. The molecule has 2 aliphatic rings. The summed E-state index contributed by atoms with van der Waals surface area (Å²) in [7, 11) is 0. The van der Waals surface area contributed by atoms with Crippen LogP contribution in [-0.4, -0.2) is 93.5 Å². The second-order valence-corrected chi connectivity index (χ2v) is 12.6. The van der Waals surface area contributed by atoms with Crippen LogP contribution in [0.5, 0.6) is 5.75 Å². The molecule has 0 unspecified atom stereocenters. The van der Waals surface area contributed by atoms with Gasteiger partial charge in [-0.25, -0.2) is 4.98 Å². The van der Waals surface area contributed by atoms with E-state index in [1.165, 1.54) is 0 Å². The van der Waals surface area contributed by atoms with E-state index in [4.69, 9.17) is 37.4 Å². The Morgan fingerprint density at radius 3 is 2.49 bits per heavy atom. The molecule has 3 heterocycles. The zero-order valence-electron chi connectivity index (χ0n) is 26.8. The number of ether oxygens (including phenoxy) is 1. The maximum absolute atomic E-state index is 13.7. The van der Waals surface area contributed by atoms with Crippen molar-refractivity contribution < 1.29 is 14.3 Å². The maximum Gasteiger partial charge on any atom is 0.237 e. The highest BCUT2D eigenvalue weighted by Gasteiger charge is 2.34. The number of benzene rings is 1. The van der Waals surface area contributed by atoms with Gasteiger partial charge in [-0.2, -0.15) is 5.26 Å². The van der Waals surface area contributed by atoms with Crippen LogP contribution in [0.25, 0.3) is 0 Å². The highest BCUT2D eigenvalue weighted by molar-refractivity contribution is 8.28. The fraction of sp³-hybridized carbons (Fsp3) is 0.394. The van der Waals surface area contributed by atoms with Crippen molar-refractivity contribution in [1.29, 1.82) is 26.9 Å². The zero-order valence-corrected chi connectivity index (χ0v) is 27.6. The van der Waals surface area contributed by atoms with Crippen LogP contribution in [0.3, 0.4) is 0 Å². The molecule has 0 saturated carbocycles. The van der Waals surface area contributed by atoms with E-state index in [1.807, 2.05) is 25.7 Å². The molecule has 0 aliphatic carbocycles. The smallest absolute Gasteiger partial charge is 0.237 e. The molecule has 1 saturated heterocycles. The van der Waals surface area contributed by atoms with E-state index < -0.39 is 5.71 Å². The monoisotopic (exact) mass is 656 g/mol. The molecule has 4 rings (SSSR count). The fourth-order valence-corrected chi connectivity index (χ4v) is 6.08. The van der Waals surface area contributed by atoms with Gasteiger partial charge in [-0.15, -0.1) is 0 Å². The number of nitriles is 1. The van der Waals surface area contributed by atoms with Crippen LogP contribution >= 0.6 is 11.8 Å². The molecule has 1 aromatic carbocycles. The van der Waals surface area contributed by atoms with E-state index in [0.717, 1.165) is 11.8 Å². The van der Waals surface area contributed by atoms with Crippen LogP contribution in [0.4, 0.5) is 11.5 Å². The predicted molar refractivity (Wildman–Crippen MR) is 185 cm³/mol. The second kappa shape index (κ2) is 15.6. The summed E-state index contributed by atoms with van der Waals surface area (Å²) in [5.41, 5.74) is 7.82. The molecule has 13 nitrogen and oxygen atoms in total. The van der Waals surface area contributed by atoms with E-state index in [9.17, 15) is 9.59 Å². The number of nitrogens with zero attached hydrogens (tertiary/aromatic N) is 5. The number of thioether (sulfide) groups is 1. The largest absolute Gasteiger partial charge is 0.491 e. The lowest BCUT2D eigenvalue weighted by atomic mass is 10.0. The number of aromatic nitrogens is 1. The summed E-state index contributed by atoms with van der Waals surface area (Å²) in [4.78, 5) is 36.7. The number of nitrogens with one attached hydrogen (secondary N) is 4. The first-order valence-corrected chi connectivity index (χ1v) is 16.2. The molecule has 0 radical (unpaired) electrons. The number of anilines is 2. The number of rotatable bonds is 11. The Morgan fingerprint density at radius 1 is 1.15 bits per heavy atom. The van der Waals surface area contributed by atoms with E-state index >= 15 is 0 Å². The molecule has 6 N–H and O–H groups in total. The third-order valence-electron chi connectivity index (χ3n) is 7.90. The molecule has 1 atom stereocenters. The van der Waals surface area contributed by atoms with Crippen LogP contribution in [0.15, 0.2) is 48.0 Å². The number of carbonyl (C=O) groups excluding carboxylic acids is 2. The minimum Gasteiger partial charge on any atom is -0.491 e. The molecule has 2 aliphatic heterocycles. The molecular formula is C33H40N10O3S. The van der Waals surface area contributed by atoms with Crippen molar-refractivity contribution in [1.82, 2.24) is 14.8 Å². The van der Waals surface area contributed by atoms with Crippen molar-refractivity contribution in [3.05, 3.63) is 59.3 Å². The van der Waals surface area contributed by atoms with E-state index in [0.29, 0.717) is 74.0 Å². The van der Waals surface area contributed by atoms with Crippen LogP contribution in [0.2, 0.25) is 0 Å². The third-order valence-corrected chi connectivity index (χ3v) is 8.77. The van der Waals surface area contributed by atoms with Gasteiger partial charge in [0.1, 0.15) is 28.4 Å². The van der Waals surface area contributed by atoms with E-state index in [2.05, 4.69) is 4.98 Å². The summed E-state index contributed by atoms with van der Waals surface area (Å²) >= 11 is 0.762. The van der Waals surface area contributed by atoms with Crippen LogP contribution in [0.1, 0.15) is 44.9 Å². The number of nitrogens with two attached hydrogens (primary N) is 1. The van der Waals surface area contributed by atoms with Crippen LogP contribution in [0, 0.1) is 38.9 Å². The molecule has 0 spiro atoms. The van der Waals surface area contributed by atoms with Gasteiger partial charge in [0.25, 0.3) is 0 Å². The number of nitrogen functional groups attached to an aromatic ring is 1. The van der Waals surface area contributed by atoms with Crippen LogP contribution < -0.4 is 15.4 Å². The molecule has 2 amide bonds. The molecule has 2 aromatic rings. The first-order chi connectivity index (χ1) is 22.4. The van der Waals surface area contributed by atoms with Crippen molar-refractivity contribution in [2.24, 2.45) is 5.92 Å². The highest BCUT2D eigenvalue weighted by atomic mass is 32.2. The fourth-order valence-electron chi connectivity index (χ4n) is 5.41. The highest BCUT2D eigenvalue weighted by Crippen LogP contribution is 2.26. The topological polar surface area (TPSA) is 211 Å². The molecular weight excluding hydrogens is 616 g/mol. The molecule has 1 aromatic heterocycles. The summed E-state index contributed by atoms with van der Waals surface area (Å²) in [5.74, 6) is 0.649. The molecule has 14 heteroatoms. The van der Waals surface area contributed by atoms with Gasteiger partial charge in [0.05, 0.1) is 35.0 Å². The Hall–Kier alpha value is -4.87. The van der Waals surface area contributed by atoms with E-state index in [-0.39, 0.29) is 51.9 Å².